The number of rotatable bonds is 0. The van der Waals surface area contributed by atoms with Crippen LogP contribution in [-0.4, -0.2) is 28.2 Å². The van der Waals surface area contributed by atoms with E-state index in [1.165, 1.54) is 0 Å². The molecule has 0 bridgehead atoms. The Morgan fingerprint density at radius 3 is 2.57 bits per heavy atom. The molecule has 3 heteroatoms. The lowest BCUT2D eigenvalue weighted by Crippen LogP contribution is -2.09. The molecule has 1 aliphatic rings. The summed E-state index contributed by atoms with van der Waals surface area (Å²) in [6.07, 6.45) is 0.810. The van der Waals surface area contributed by atoms with Gasteiger partial charge in [0.2, 0.25) is 0 Å². The van der Waals surface area contributed by atoms with Crippen molar-refractivity contribution < 1.29 is 5.11 Å². The van der Waals surface area contributed by atoms with Crippen LogP contribution in [0.4, 0.5) is 0 Å². The van der Waals surface area contributed by atoms with Gasteiger partial charge in [0.15, 0.2) is 0 Å². The van der Waals surface area contributed by atoms with E-state index in [1.54, 1.807) is 0 Å². The van der Waals surface area contributed by atoms with Crippen LogP contribution in [-0.2, 0) is 0 Å². The molecular weight excluding hydrogens is 158 g/mol. The summed E-state index contributed by atoms with van der Waals surface area (Å²) in [7, 11) is 0. The van der Waals surface area contributed by atoms with Crippen LogP contribution >= 0.6 is 16.1 Å². The molecule has 0 aromatic heterocycles. The second kappa shape index (κ2) is 2.11. The minimum atomic E-state index is -0.0978. The number of β-amino-alcohol motifs (C(OH)–C–C–N with tert-alkyl or cyclic N) is 1. The zero-order valence-corrected chi connectivity index (χ0v) is 5.56. The molecule has 2 nitrogen and oxygen atoms in total. The van der Waals surface area contributed by atoms with Gasteiger partial charge in [-0.05, 0) is 6.42 Å². The second-order valence-corrected chi connectivity index (χ2v) is 2.81. The molecule has 42 valence electrons. The van der Waals surface area contributed by atoms with E-state index >= 15 is 0 Å². The highest BCUT2D eigenvalue weighted by Gasteiger charge is 2.16. The molecule has 1 aliphatic heterocycles. The quantitative estimate of drug-likeness (QED) is 0.525. The topological polar surface area (TPSA) is 23.5 Å². The lowest BCUT2D eigenvalue weighted by atomic mass is 10.3. The predicted molar refractivity (Wildman–Crippen MR) is 31.1 cm³/mol. The Kier molecular flexibility index (Phi) is 1.67. The van der Waals surface area contributed by atoms with Crippen LogP contribution in [0.1, 0.15) is 6.42 Å². The molecule has 1 saturated heterocycles. The number of halogens is 1. The first-order chi connectivity index (χ1) is 3.29. The fourth-order valence-corrected chi connectivity index (χ4v) is 1.24. The molecule has 7 heavy (non-hydrogen) atoms. The van der Waals surface area contributed by atoms with E-state index < -0.39 is 0 Å². The summed E-state index contributed by atoms with van der Waals surface area (Å²) < 4.78 is 1.94. The van der Waals surface area contributed by atoms with Crippen LogP contribution in [0.3, 0.4) is 0 Å². The second-order valence-electron chi connectivity index (χ2n) is 1.81. The summed E-state index contributed by atoms with van der Waals surface area (Å²) in [5.74, 6) is 0. The summed E-state index contributed by atoms with van der Waals surface area (Å²) in [5, 5.41) is 8.83. The van der Waals surface area contributed by atoms with Crippen LogP contribution in [0.5, 0.6) is 0 Å². The fourth-order valence-electron chi connectivity index (χ4n) is 0.700. The van der Waals surface area contributed by atoms with Crippen molar-refractivity contribution in [2.75, 3.05) is 13.1 Å². The third-order valence-electron chi connectivity index (χ3n) is 1.11. The summed E-state index contributed by atoms with van der Waals surface area (Å²) in [5.41, 5.74) is 0. The van der Waals surface area contributed by atoms with Crippen LogP contribution in [0.2, 0.25) is 0 Å². The monoisotopic (exact) mass is 165 g/mol. The Morgan fingerprint density at radius 1 is 1.71 bits per heavy atom. The lowest BCUT2D eigenvalue weighted by molar-refractivity contribution is 0.191. The number of aliphatic hydroxyl groups excluding tert-OH is 1. The number of nitrogens with zero attached hydrogens (tertiary/aromatic N) is 1. The van der Waals surface area contributed by atoms with Gasteiger partial charge in [-0.1, -0.05) is 0 Å². The van der Waals surface area contributed by atoms with Crippen molar-refractivity contribution in [3.8, 4) is 0 Å². The van der Waals surface area contributed by atoms with E-state index in [4.69, 9.17) is 5.11 Å². The SMILES string of the molecule is O[C@@H]1CCN(Br)C1. The van der Waals surface area contributed by atoms with Gasteiger partial charge in [-0.3, -0.25) is 0 Å². The largest absolute Gasteiger partial charge is 0.392 e. The fraction of sp³-hybridized carbons (Fsp3) is 1.00. The van der Waals surface area contributed by atoms with Crippen LogP contribution in [0.25, 0.3) is 0 Å². The molecule has 0 aromatic rings. The van der Waals surface area contributed by atoms with Gasteiger partial charge in [-0.15, -0.1) is 0 Å². The average Bonchev–Trinajstić information content (AvgIpc) is 1.87. The van der Waals surface area contributed by atoms with Crippen molar-refractivity contribution in [1.82, 2.24) is 3.93 Å². The average molecular weight is 166 g/mol. The van der Waals surface area contributed by atoms with Crippen molar-refractivity contribution in [1.29, 1.82) is 0 Å². The Balaban J connectivity index is 2.26. The van der Waals surface area contributed by atoms with Crippen LogP contribution in [0.15, 0.2) is 0 Å². The minimum Gasteiger partial charge on any atom is -0.392 e. The van der Waals surface area contributed by atoms with E-state index in [2.05, 4.69) is 16.1 Å². The van der Waals surface area contributed by atoms with Gasteiger partial charge in [0.25, 0.3) is 0 Å². The molecule has 0 aliphatic carbocycles. The van der Waals surface area contributed by atoms with Crippen molar-refractivity contribution in [2.24, 2.45) is 0 Å². The predicted octanol–water partition coefficient (Wildman–Crippen LogP) is 0.363. The Hall–Kier alpha value is 0.400. The Labute approximate surface area is 51.5 Å². The molecule has 1 N–H and O–H groups in total. The van der Waals surface area contributed by atoms with Gasteiger partial charge >= 0.3 is 0 Å². The van der Waals surface area contributed by atoms with Crippen molar-refractivity contribution in [3.63, 3.8) is 0 Å². The molecule has 0 aromatic carbocycles. The van der Waals surface area contributed by atoms with Gasteiger partial charge in [0.1, 0.15) is 0 Å². The molecule has 0 amide bonds. The molecule has 0 unspecified atom stereocenters. The maximum Gasteiger partial charge on any atom is 0.0688 e. The first-order valence-electron chi connectivity index (χ1n) is 2.38. The summed E-state index contributed by atoms with van der Waals surface area (Å²) in [6, 6.07) is 0. The van der Waals surface area contributed by atoms with E-state index in [9.17, 15) is 0 Å². The molecular formula is C4H8BrNO. The van der Waals surface area contributed by atoms with Crippen LogP contribution < -0.4 is 0 Å². The molecule has 0 radical (unpaired) electrons. The molecule has 1 heterocycles. The Bertz CT molecular complexity index is 60.7. The Morgan fingerprint density at radius 2 is 2.43 bits per heavy atom. The highest BCUT2D eigenvalue weighted by Crippen LogP contribution is 2.11. The molecule has 0 spiro atoms. The van der Waals surface area contributed by atoms with E-state index in [-0.39, 0.29) is 6.10 Å². The summed E-state index contributed by atoms with van der Waals surface area (Å²) in [4.78, 5) is 0. The molecule has 1 rings (SSSR count). The third kappa shape index (κ3) is 1.40. The van der Waals surface area contributed by atoms with Gasteiger partial charge < -0.3 is 5.11 Å². The van der Waals surface area contributed by atoms with Crippen LogP contribution in [0, 0.1) is 0 Å². The zero-order chi connectivity index (χ0) is 5.28. The lowest BCUT2D eigenvalue weighted by Gasteiger charge is -1.99. The number of hydrogen-bond acceptors (Lipinski definition) is 2. The zero-order valence-electron chi connectivity index (χ0n) is 3.97. The highest BCUT2D eigenvalue weighted by atomic mass is 79.9. The maximum atomic E-state index is 8.83. The van der Waals surface area contributed by atoms with E-state index in [1.807, 2.05) is 3.93 Å². The number of aliphatic hydroxyl groups is 1. The van der Waals surface area contributed by atoms with Gasteiger partial charge in [-0.25, -0.2) is 3.93 Å². The standard InChI is InChI=1S/C4H8BrNO/c5-6-2-1-4(7)3-6/h4,7H,1-3H2/t4-/m1/s1. The van der Waals surface area contributed by atoms with Crippen molar-refractivity contribution >= 4 is 16.1 Å². The van der Waals surface area contributed by atoms with Crippen molar-refractivity contribution in [2.45, 2.75) is 12.5 Å². The van der Waals surface area contributed by atoms with Gasteiger partial charge in [-0.2, -0.15) is 0 Å². The highest BCUT2D eigenvalue weighted by molar-refractivity contribution is 9.07. The summed E-state index contributed by atoms with van der Waals surface area (Å²) >= 11 is 3.25. The smallest absolute Gasteiger partial charge is 0.0688 e. The molecule has 1 fully saturated rings. The first kappa shape index (κ1) is 5.54. The first-order valence-corrected chi connectivity index (χ1v) is 3.09. The minimum absolute atomic E-state index is 0.0978. The van der Waals surface area contributed by atoms with Gasteiger partial charge in [0.05, 0.1) is 6.10 Å². The number of hydrogen-bond donors (Lipinski definition) is 1. The maximum absolute atomic E-state index is 8.83. The van der Waals surface area contributed by atoms with Gasteiger partial charge in [0, 0.05) is 29.2 Å². The van der Waals surface area contributed by atoms with E-state index in [0.717, 1.165) is 19.5 Å². The molecule has 0 saturated carbocycles. The third-order valence-corrected chi connectivity index (χ3v) is 1.76. The van der Waals surface area contributed by atoms with Crippen molar-refractivity contribution in [3.05, 3.63) is 0 Å². The van der Waals surface area contributed by atoms with E-state index in [0.29, 0.717) is 0 Å². The summed E-state index contributed by atoms with van der Waals surface area (Å²) in [6.45, 7) is 1.75. The normalized spacial score (nSPS) is 34.3. The molecule has 1 atom stereocenters.